The molecule has 23 heavy (non-hydrogen) atoms. The fraction of sp³-hybridized carbons (Fsp3) is 0.0625. The molecule has 0 fully saturated rings. The molecule has 6 nitrogen and oxygen atoms in total. The summed E-state index contributed by atoms with van der Waals surface area (Å²) >= 11 is 1.34. The molecule has 0 unspecified atom stereocenters. The quantitative estimate of drug-likeness (QED) is 0.385. The van der Waals surface area contributed by atoms with Crippen LogP contribution in [0.5, 0.6) is 11.5 Å². The molecular formula is C16H13N3O3S. The number of nitriles is 1. The maximum absolute atomic E-state index is 10.8. The average Bonchev–Trinajstić information content (AvgIpc) is 2.56. The van der Waals surface area contributed by atoms with E-state index in [1.807, 2.05) is 12.4 Å². The van der Waals surface area contributed by atoms with Gasteiger partial charge in [0.2, 0.25) is 0 Å². The summed E-state index contributed by atoms with van der Waals surface area (Å²) in [7, 11) is 0. The third-order valence-electron chi connectivity index (χ3n) is 2.76. The number of hydrogen-bond acceptors (Lipinski definition) is 5. The van der Waals surface area contributed by atoms with Gasteiger partial charge in [-0.25, -0.2) is 9.79 Å². The molecule has 0 radical (unpaired) electrons. The molecular weight excluding hydrogens is 314 g/mol. The molecule has 0 amide bonds. The van der Waals surface area contributed by atoms with Crippen molar-refractivity contribution in [2.24, 2.45) is 4.99 Å². The molecule has 7 heteroatoms. The Kier molecular flexibility index (Phi) is 5.61. The third kappa shape index (κ3) is 4.76. The first-order valence-electron chi connectivity index (χ1n) is 6.51. The van der Waals surface area contributed by atoms with Gasteiger partial charge in [0.25, 0.3) is 0 Å². The number of rotatable bonds is 4. The van der Waals surface area contributed by atoms with Crippen LogP contribution in [0.2, 0.25) is 0 Å². The van der Waals surface area contributed by atoms with Gasteiger partial charge in [-0.1, -0.05) is 11.8 Å². The Morgan fingerprint density at radius 3 is 2.22 bits per heavy atom. The molecule has 2 N–H and O–H groups in total. The van der Waals surface area contributed by atoms with Crippen molar-refractivity contribution in [3.63, 3.8) is 0 Å². The number of carbonyl (C=O) groups is 1. The zero-order chi connectivity index (χ0) is 16.7. The summed E-state index contributed by atoms with van der Waals surface area (Å²) in [6.07, 6.45) is 3.65. The van der Waals surface area contributed by atoms with Gasteiger partial charge in [-0.3, -0.25) is 5.32 Å². The summed E-state index contributed by atoms with van der Waals surface area (Å²) in [5.74, 6) is 0.169. The van der Waals surface area contributed by atoms with Crippen molar-refractivity contribution in [3.8, 4) is 17.7 Å². The van der Waals surface area contributed by atoms with Crippen molar-refractivity contribution >= 4 is 28.6 Å². The Labute approximate surface area is 137 Å². The smallest absolute Gasteiger partial charge is 0.335 e. The van der Waals surface area contributed by atoms with Crippen molar-refractivity contribution in [1.29, 1.82) is 5.26 Å². The van der Waals surface area contributed by atoms with Crippen LogP contribution in [0.1, 0.15) is 10.4 Å². The van der Waals surface area contributed by atoms with Gasteiger partial charge in [0.15, 0.2) is 11.4 Å². The zero-order valence-corrected chi connectivity index (χ0v) is 13.0. The maximum atomic E-state index is 10.8. The summed E-state index contributed by atoms with van der Waals surface area (Å²) in [6.45, 7) is 0. The van der Waals surface area contributed by atoms with E-state index in [-0.39, 0.29) is 5.56 Å². The van der Waals surface area contributed by atoms with Crippen LogP contribution in [0.3, 0.4) is 0 Å². The Bertz CT molecular complexity index is 750. The fourth-order valence-electron chi connectivity index (χ4n) is 1.68. The number of nitrogens with zero attached hydrogens (tertiary/aromatic N) is 2. The first-order valence-corrected chi connectivity index (χ1v) is 7.74. The highest BCUT2D eigenvalue weighted by Crippen LogP contribution is 2.24. The lowest BCUT2D eigenvalue weighted by Gasteiger charge is -2.06. The van der Waals surface area contributed by atoms with E-state index < -0.39 is 5.97 Å². The monoisotopic (exact) mass is 327 g/mol. The predicted molar refractivity (Wildman–Crippen MR) is 89.3 cm³/mol. The van der Waals surface area contributed by atoms with Crippen LogP contribution in [0, 0.1) is 11.5 Å². The molecule has 0 aromatic heterocycles. The molecule has 0 spiro atoms. The van der Waals surface area contributed by atoms with Gasteiger partial charge in [-0.05, 0) is 54.8 Å². The Balaban J connectivity index is 2.08. The van der Waals surface area contributed by atoms with Crippen LogP contribution >= 0.6 is 11.8 Å². The minimum atomic E-state index is -0.977. The second-order valence-electron chi connectivity index (χ2n) is 4.28. The van der Waals surface area contributed by atoms with Crippen molar-refractivity contribution in [2.45, 2.75) is 0 Å². The lowest BCUT2D eigenvalue weighted by molar-refractivity contribution is 0.0697. The number of ether oxygens (including phenoxy) is 1. The SMILES string of the molecule is CSC(=Nc1ccc(Oc2ccc(C(=O)O)cc2)cc1)NC#N. The molecule has 0 atom stereocenters. The molecule has 0 aliphatic heterocycles. The van der Waals surface area contributed by atoms with E-state index in [9.17, 15) is 4.79 Å². The molecule has 2 rings (SSSR count). The number of aromatic carboxylic acids is 1. The fourth-order valence-corrected chi connectivity index (χ4v) is 2.02. The van der Waals surface area contributed by atoms with Gasteiger partial charge in [0, 0.05) is 0 Å². The van der Waals surface area contributed by atoms with Crippen LogP contribution in [-0.4, -0.2) is 22.5 Å². The highest BCUT2D eigenvalue weighted by molar-refractivity contribution is 8.13. The predicted octanol–water partition coefficient (Wildman–Crippen LogP) is 3.60. The molecule has 2 aromatic rings. The number of carboxylic acid groups (broad SMARTS) is 1. The summed E-state index contributed by atoms with van der Waals surface area (Å²) in [4.78, 5) is 15.1. The number of nitrogens with one attached hydrogen (secondary N) is 1. The average molecular weight is 327 g/mol. The number of benzene rings is 2. The van der Waals surface area contributed by atoms with Crippen molar-refractivity contribution < 1.29 is 14.6 Å². The lowest BCUT2D eigenvalue weighted by Crippen LogP contribution is -2.12. The Morgan fingerprint density at radius 2 is 1.74 bits per heavy atom. The molecule has 0 heterocycles. The van der Waals surface area contributed by atoms with Crippen LogP contribution in [-0.2, 0) is 0 Å². The number of thioether (sulfide) groups is 1. The van der Waals surface area contributed by atoms with Crippen molar-refractivity contribution in [2.75, 3.05) is 6.26 Å². The molecule has 2 aromatic carbocycles. The molecule has 0 aliphatic carbocycles. The topological polar surface area (TPSA) is 94.7 Å². The van der Waals surface area contributed by atoms with Gasteiger partial charge >= 0.3 is 5.97 Å². The van der Waals surface area contributed by atoms with E-state index in [1.165, 1.54) is 23.9 Å². The standard InChI is InChI=1S/C16H13N3O3S/c1-23-16(18-10-17)19-12-4-8-14(9-5-12)22-13-6-2-11(3-7-13)15(20)21/h2-9H,1H3,(H,18,19)(H,20,21). The summed E-state index contributed by atoms with van der Waals surface area (Å²) < 4.78 is 5.63. The van der Waals surface area contributed by atoms with E-state index in [4.69, 9.17) is 15.1 Å². The molecule has 0 aliphatic rings. The van der Waals surface area contributed by atoms with Crippen LogP contribution in [0.15, 0.2) is 53.5 Å². The van der Waals surface area contributed by atoms with E-state index in [0.29, 0.717) is 22.4 Å². The largest absolute Gasteiger partial charge is 0.478 e. The second-order valence-corrected chi connectivity index (χ2v) is 5.08. The number of amidine groups is 1. The number of carboxylic acids is 1. The summed E-state index contributed by atoms with van der Waals surface area (Å²) in [5.41, 5.74) is 0.891. The highest BCUT2D eigenvalue weighted by atomic mass is 32.2. The van der Waals surface area contributed by atoms with E-state index >= 15 is 0 Å². The Hall–Kier alpha value is -2.98. The number of aliphatic imine (C=N–C) groups is 1. The minimum absolute atomic E-state index is 0.205. The van der Waals surface area contributed by atoms with Crippen molar-refractivity contribution in [1.82, 2.24) is 5.32 Å². The van der Waals surface area contributed by atoms with Crippen LogP contribution < -0.4 is 10.1 Å². The van der Waals surface area contributed by atoms with E-state index in [0.717, 1.165) is 0 Å². The first-order chi connectivity index (χ1) is 11.1. The van der Waals surface area contributed by atoms with Gasteiger partial charge in [-0.2, -0.15) is 5.26 Å². The second kappa shape index (κ2) is 7.87. The molecule has 116 valence electrons. The van der Waals surface area contributed by atoms with E-state index in [1.54, 1.807) is 36.4 Å². The third-order valence-corrected chi connectivity index (χ3v) is 3.34. The first kappa shape index (κ1) is 16.4. The van der Waals surface area contributed by atoms with Gasteiger partial charge < -0.3 is 9.84 Å². The van der Waals surface area contributed by atoms with Gasteiger partial charge in [0.05, 0.1) is 11.3 Å². The Morgan fingerprint density at radius 1 is 1.17 bits per heavy atom. The molecule has 0 saturated carbocycles. The zero-order valence-electron chi connectivity index (χ0n) is 12.2. The minimum Gasteiger partial charge on any atom is -0.478 e. The highest BCUT2D eigenvalue weighted by Gasteiger charge is 2.03. The summed E-state index contributed by atoms with van der Waals surface area (Å²) in [6, 6.07) is 13.2. The normalized spacial score (nSPS) is 10.7. The summed E-state index contributed by atoms with van der Waals surface area (Å²) in [5, 5.41) is 20.4. The van der Waals surface area contributed by atoms with Crippen LogP contribution in [0.4, 0.5) is 5.69 Å². The maximum Gasteiger partial charge on any atom is 0.335 e. The van der Waals surface area contributed by atoms with Gasteiger partial charge in [-0.15, -0.1) is 0 Å². The van der Waals surface area contributed by atoms with Gasteiger partial charge in [0.1, 0.15) is 11.5 Å². The van der Waals surface area contributed by atoms with Crippen LogP contribution in [0.25, 0.3) is 0 Å². The number of hydrogen-bond donors (Lipinski definition) is 2. The molecule has 0 saturated heterocycles. The molecule has 0 bridgehead atoms. The van der Waals surface area contributed by atoms with Crippen molar-refractivity contribution in [3.05, 3.63) is 54.1 Å². The van der Waals surface area contributed by atoms with E-state index in [2.05, 4.69) is 10.3 Å². The lowest BCUT2D eigenvalue weighted by atomic mass is 10.2.